The van der Waals surface area contributed by atoms with E-state index in [1.165, 1.54) is 6.07 Å². The maximum atomic E-state index is 12.1. The average molecular weight is 444 g/mol. The van der Waals surface area contributed by atoms with Gasteiger partial charge in [0.25, 0.3) is 0 Å². The number of aromatic nitrogens is 1. The summed E-state index contributed by atoms with van der Waals surface area (Å²) in [4.78, 5) is 4.14. The van der Waals surface area contributed by atoms with Crippen molar-refractivity contribution in [3.63, 3.8) is 0 Å². The number of hydrogen-bond acceptors (Lipinski definition) is 3. The third-order valence-electron chi connectivity index (χ3n) is 2.15. The van der Waals surface area contributed by atoms with E-state index in [1.54, 1.807) is 12.1 Å². The molecule has 1 heterocycles. The van der Waals surface area contributed by atoms with Crippen LogP contribution >= 0.6 is 47.8 Å². The molecule has 2 aromatic rings. The summed E-state index contributed by atoms with van der Waals surface area (Å²) in [5.74, 6) is 0. The number of nitrogens with zero attached hydrogens (tertiary/aromatic N) is 1. The fraction of sp³-hybridized carbons (Fsp3) is 0.100. The van der Waals surface area contributed by atoms with Crippen LogP contribution in [-0.2, 0) is 9.84 Å². The molecule has 0 fully saturated rings. The highest BCUT2D eigenvalue weighted by Crippen LogP contribution is 2.42. The lowest BCUT2D eigenvalue weighted by Gasteiger charge is -2.12. The second-order valence-electron chi connectivity index (χ2n) is 3.29. The number of halogens is 3. The fourth-order valence-electron chi connectivity index (χ4n) is 1.32. The molecule has 0 aliphatic carbocycles. The molecular formula is C10H6Br3NO2S. The largest absolute Gasteiger partial charge is 0.240 e. The van der Waals surface area contributed by atoms with Crippen LogP contribution in [0.15, 0.2) is 41.4 Å². The summed E-state index contributed by atoms with van der Waals surface area (Å²) in [5, 5.41) is 0.901. The number of sulfone groups is 1. The van der Waals surface area contributed by atoms with Gasteiger partial charge < -0.3 is 0 Å². The van der Waals surface area contributed by atoms with Crippen LogP contribution in [0.5, 0.6) is 0 Å². The van der Waals surface area contributed by atoms with Crippen LogP contribution in [0.25, 0.3) is 10.9 Å². The molecule has 0 aliphatic heterocycles. The van der Waals surface area contributed by atoms with Gasteiger partial charge in [0.05, 0.1) is 5.52 Å². The monoisotopic (exact) mass is 441 g/mol. The van der Waals surface area contributed by atoms with Gasteiger partial charge in [-0.1, -0.05) is 18.2 Å². The van der Waals surface area contributed by atoms with E-state index in [0.717, 1.165) is 5.39 Å². The molecule has 0 saturated carbocycles. The third-order valence-corrected chi connectivity index (χ3v) is 7.38. The Morgan fingerprint density at radius 2 is 1.65 bits per heavy atom. The lowest BCUT2D eigenvalue weighted by atomic mass is 10.2. The van der Waals surface area contributed by atoms with Crippen molar-refractivity contribution in [3.05, 3.63) is 36.4 Å². The second-order valence-corrected chi connectivity index (χ2v) is 13.7. The molecule has 0 N–H and O–H groups in total. The van der Waals surface area contributed by atoms with E-state index in [1.807, 2.05) is 18.2 Å². The molecular weight excluding hydrogens is 438 g/mol. The number of benzene rings is 1. The van der Waals surface area contributed by atoms with Gasteiger partial charge in [-0.05, 0) is 66.0 Å². The van der Waals surface area contributed by atoms with Crippen LogP contribution in [0.4, 0.5) is 0 Å². The van der Waals surface area contributed by atoms with Gasteiger partial charge >= 0.3 is 0 Å². The topological polar surface area (TPSA) is 47.0 Å². The van der Waals surface area contributed by atoms with Gasteiger partial charge in [0.15, 0.2) is 5.03 Å². The average Bonchev–Trinajstić information content (AvgIpc) is 2.27. The predicted molar refractivity (Wildman–Crippen MR) is 78.4 cm³/mol. The molecule has 3 nitrogen and oxygen atoms in total. The zero-order valence-electron chi connectivity index (χ0n) is 8.27. The normalized spacial score (nSPS) is 12.9. The first kappa shape index (κ1) is 13.5. The number of pyridine rings is 1. The van der Waals surface area contributed by atoms with E-state index in [9.17, 15) is 8.42 Å². The van der Waals surface area contributed by atoms with Crippen LogP contribution in [0.1, 0.15) is 0 Å². The fourth-order valence-corrected chi connectivity index (χ4v) is 3.51. The number of alkyl halides is 3. The Labute approximate surface area is 124 Å². The van der Waals surface area contributed by atoms with Crippen molar-refractivity contribution in [2.75, 3.05) is 0 Å². The van der Waals surface area contributed by atoms with Crippen LogP contribution in [0.2, 0.25) is 0 Å². The zero-order chi connectivity index (χ0) is 12.7. The minimum absolute atomic E-state index is 0.00169. The molecule has 17 heavy (non-hydrogen) atoms. The molecule has 0 unspecified atom stereocenters. The molecule has 0 radical (unpaired) electrons. The van der Waals surface area contributed by atoms with Crippen molar-refractivity contribution in [1.82, 2.24) is 4.98 Å². The number of para-hydroxylation sites is 1. The van der Waals surface area contributed by atoms with Crippen LogP contribution in [0.3, 0.4) is 0 Å². The zero-order valence-corrected chi connectivity index (χ0v) is 13.8. The standard InChI is InChI=1S/C10H6Br3NO2S/c11-10(12,13)17(15,16)9-6-5-7-3-1-2-4-8(7)14-9/h1-6H. The Bertz CT molecular complexity index is 665. The summed E-state index contributed by atoms with van der Waals surface area (Å²) in [6, 6.07) is 10.6. The molecule has 0 atom stereocenters. The van der Waals surface area contributed by atoms with Gasteiger partial charge in [-0.25, -0.2) is 13.4 Å². The first-order chi connectivity index (χ1) is 7.82. The summed E-state index contributed by atoms with van der Waals surface area (Å²) < 4.78 is 22.8. The Balaban J connectivity index is 2.66. The van der Waals surface area contributed by atoms with Crippen molar-refractivity contribution in [3.8, 4) is 0 Å². The second kappa shape index (κ2) is 4.60. The minimum Gasteiger partial charge on any atom is -0.236 e. The lowest BCUT2D eigenvalue weighted by molar-refractivity contribution is 0.595. The van der Waals surface area contributed by atoms with Crippen LogP contribution < -0.4 is 0 Å². The Morgan fingerprint density at radius 1 is 1.00 bits per heavy atom. The highest BCUT2D eigenvalue weighted by molar-refractivity contribution is 9.42. The SMILES string of the molecule is O=S(=O)(c1ccc2ccccc2n1)C(Br)(Br)Br. The van der Waals surface area contributed by atoms with Crippen molar-refractivity contribution in [2.24, 2.45) is 0 Å². The molecule has 7 heteroatoms. The van der Waals surface area contributed by atoms with Gasteiger partial charge in [0.1, 0.15) is 0 Å². The summed E-state index contributed by atoms with van der Waals surface area (Å²) >= 11 is 9.02. The van der Waals surface area contributed by atoms with E-state index >= 15 is 0 Å². The van der Waals surface area contributed by atoms with E-state index in [2.05, 4.69) is 52.8 Å². The summed E-state index contributed by atoms with van der Waals surface area (Å²) in [7, 11) is -3.63. The highest BCUT2D eigenvalue weighted by atomic mass is 80.0. The molecule has 0 spiro atoms. The van der Waals surface area contributed by atoms with Crippen molar-refractivity contribution in [1.29, 1.82) is 0 Å². The van der Waals surface area contributed by atoms with Gasteiger partial charge in [0, 0.05) is 5.39 Å². The molecule has 0 amide bonds. The molecule has 1 aromatic heterocycles. The molecule has 0 saturated heterocycles. The van der Waals surface area contributed by atoms with E-state index in [4.69, 9.17) is 0 Å². The summed E-state index contributed by atoms with van der Waals surface area (Å²) in [6.45, 7) is 0. The molecule has 2 rings (SSSR count). The Morgan fingerprint density at radius 3 is 2.29 bits per heavy atom. The van der Waals surface area contributed by atoms with E-state index in [-0.39, 0.29) is 5.03 Å². The Kier molecular flexibility index (Phi) is 3.64. The molecule has 0 bridgehead atoms. The van der Waals surface area contributed by atoms with Gasteiger partial charge in [0.2, 0.25) is 11.3 Å². The van der Waals surface area contributed by atoms with E-state index < -0.39 is 11.3 Å². The first-order valence-corrected chi connectivity index (χ1v) is 8.36. The quantitative estimate of drug-likeness (QED) is 0.630. The third kappa shape index (κ3) is 2.57. The molecule has 0 aliphatic rings. The van der Waals surface area contributed by atoms with Crippen LogP contribution in [0, 0.1) is 0 Å². The van der Waals surface area contributed by atoms with Gasteiger partial charge in [-0.15, -0.1) is 0 Å². The van der Waals surface area contributed by atoms with Gasteiger partial charge in [-0.3, -0.25) is 0 Å². The number of hydrogen-bond donors (Lipinski definition) is 0. The molecule has 1 aromatic carbocycles. The minimum atomic E-state index is -3.63. The van der Waals surface area contributed by atoms with Crippen LogP contribution in [-0.4, -0.2) is 14.9 Å². The number of rotatable bonds is 1. The smallest absolute Gasteiger partial charge is 0.236 e. The maximum absolute atomic E-state index is 12.1. The highest BCUT2D eigenvalue weighted by Gasteiger charge is 2.38. The van der Waals surface area contributed by atoms with Crippen molar-refractivity contribution >= 4 is 68.5 Å². The van der Waals surface area contributed by atoms with Crippen molar-refractivity contribution in [2.45, 2.75) is 6.50 Å². The number of fused-ring (bicyclic) bond motifs is 1. The van der Waals surface area contributed by atoms with Crippen molar-refractivity contribution < 1.29 is 8.42 Å². The van der Waals surface area contributed by atoms with E-state index in [0.29, 0.717) is 5.52 Å². The Hall–Kier alpha value is 0.0200. The summed E-state index contributed by atoms with van der Waals surface area (Å²) in [5.41, 5.74) is 0.644. The maximum Gasteiger partial charge on any atom is 0.240 e. The lowest BCUT2D eigenvalue weighted by Crippen LogP contribution is -2.19. The molecule has 90 valence electrons. The first-order valence-electron chi connectivity index (χ1n) is 4.49. The summed E-state index contributed by atoms with van der Waals surface area (Å²) in [6.07, 6.45) is 0. The van der Waals surface area contributed by atoms with Gasteiger partial charge in [-0.2, -0.15) is 0 Å². The predicted octanol–water partition coefficient (Wildman–Crippen LogP) is 3.80.